The monoisotopic (exact) mass is 328 g/mol. The lowest BCUT2D eigenvalue weighted by molar-refractivity contribution is 0.362. The van der Waals surface area contributed by atoms with Gasteiger partial charge in [-0.3, -0.25) is 0 Å². The summed E-state index contributed by atoms with van der Waals surface area (Å²) in [7, 11) is 0. The van der Waals surface area contributed by atoms with Crippen molar-refractivity contribution in [2.75, 3.05) is 6.26 Å². The first-order valence-electron chi connectivity index (χ1n) is 6.98. The predicted octanol–water partition coefficient (Wildman–Crippen LogP) is 5.28. The Bertz CT molecular complexity index is 611. The molecule has 1 heterocycles. The summed E-state index contributed by atoms with van der Waals surface area (Å²) in [6.07, 6.45) is 7.16. The van der Waals surface area contributed by atoms with Gasteiger partial charge in [0.2, 0.25) is 0 Å². The number of rotatable bonds is 3. The molecule has 0 radical (unpaired) electrons. The van der Waals surface area contributed by atoms with Gasteiger partial charge in [0, 0.05) is 11.3 Å². The van der Waals surface area contributed by atoms with Gasteiger partial charge in [0.1, 0.15) is 5.82 Å². The summed E-state index contributed by atoms with van der Waals surface area (Å²) < 4.78 is 2.30. The number of para-hydroxylation sites is 1. The van der Waals surface area contributed by atoms with Crippen LogP contribution in [0.2, 0.25) is 5.02 Å². The summed E-state index contributed by atoms with van der Waals surface area (Å²) in [5.74, 6) is 1.38. The van der Waals surface area contributed by atoms with Gasteiger partial charge in [0.25, 0.3) is 0 Å². The molecular weight excluding hydrogens is 311 g/mol. The molecule has 0 N–H and O–H groups in total. The third-order valence-electron chi connectivity index (χ3n) is 4.15. The van der Waals surface area contributed by atoms with E-state index >= 15 is 0 Å². The number of aromatic nitrogens is 2. The van der Waals surface area contributed by atoms with Gasteiger partial charge in [-0.15, -0.1) is 11.6 Å². The maximum absolute atomic E-state index is 6.41. The van der Waals surface area contributed by atoms with E-state index in [0.717, 1.165) is 27.1 Å². The zero-order valence-corrected chi connectivity index (χ0v) is 13.8. The highest BCUT2D eigenvalue weighted by molar-refractivity contribution is 7.99. The van der Waals surface area contributed by atoms with Crippen molar-refractivity contribution in [2.24, 2.45) is 0 Å². The van der Waals surface area contributed by atoms with Gasteiger partial charge in [-0.2, -0.15) is 11.8 Å². The minimum Gasteiger partial charge on any atom is -0.323 e. The van der Waals surface area contributed by atoms with Crippen molar-refractivity contribution in [3.8, 4) is 0 Å². The number of nitrogens with zero attached hydrogens (tertiary/aromatic N) is 2. The fourth-order valence-electron chi connectivity index (χ4n) is 3.21. The SMILES string of the molecule is CSC1CCCC(n2c(CCl)nc3cccc(Cl)c32)C1. The molecule has 0 amide bonds. The third-order valence-corrected chi connectivity index (χ3v) is 5.79. The molecule has 1 saturated carbocycles. The number of fused-ring (bicyclic) bond motifs is 1. The summed E-state index contributed by atoms with van der Waals surface area (Å²) in [5, 5.41) is 1.51. The summed E-state index contributed by atoms with van der Waals surface area (Å²) in [6, 6.07) is 6.38. The van der Waals surface area contributed by atoms with Crippen molar-refractivity contribution >= 4 is 46.0 Å². The van der Waals surface area contributed by atoms with Gasteiger partial charge < -0.3 is 4.57 Å². The summed E-state index contributed by atoms with van der Waals surface area (Å²) in [5.41, 5.74) is 2.01. The second-order valence-corrected chi connectivity index (χ2v) is 7.13. The molecule has 2 unspecified atom stereocenters. The molecule has 0 bridgehead atoms. The van der Waals surface area contributed by atoms with Gasteiger partial charge in [0.05, 0.1) is 21.9 Å². The normalized spacial score (nSPS) is 23.4. The lowest BCUT2D eigenvalue weighted by Gasteiger charge is -2.30. The van der Waals surface area contributed by atoms with E-state index in [2.05, 4.69) is 15.8 Å². The number of hydrogen-bond acceptors (Lipinski definition) is 2. The second kappa shape index (κ2) is 6.17. The molecule has 108 valence electrons. The highest BCUT2D eigenvalue weighted by Crippen LogP contribution is 2.38. The first-order valence-corrected chi connectivity index (χ1v) is 9.18. The fourth-order valence-corrected chi connectivity index (χ4v) is 4.48. The minimum absolute atomic E-state index is 0.436. The van der Waals surface area contributed by atoms with Crippen LogP contribution in [0.3, 0.4) is 0 Å². The summed E-state index contributed by atoms with van der Waals surface area (Å²) in [6.45, 7) is 0. The second-order valence-electron chi connectivity index (χ2n) is 5.32. The zero-order valence-electron chi connectivity index (χ0n) is 11.5. The fraction of sp³-hybridized carbons (Fsp3) is 0.533. The summed E-state index contributed by atoms with van der Waals surface area (Å²) >= 11 is 14.5. The molecule has 0 spiro atoms. The minimum atomic E-state index is 0.436. The molecule has 1 aliphatic carbocycles. The van der Waals surface area contributed by atoms with Gasteiger partial charge in [0.15, 0.2) is 0 Å². The zero-order chi connectivity index (χ0) is 14.1. The van der Waals surface area contributed by atoms with Crippen molar-refractivity contribution < 1.29 is 0 Å². The van der Waals surface area contributed by atoms with E-state index in [1.165, 1.54) is 25.7 Å². The highest BCUT2D eigenvalue weighted by atomic mass is 35.5. The maximum atomic E-state index is 6.41. The molecule has 3 rings (SSSR count). The molecular formula is C15H18Cl2N2S. The van der Waals surface area contributed by atoms with E-state index in [1.54, 1.807) is 0 Å². The molecule has 2 aromatic rings. The molecule has 1 aliphatic rings. The Morgan fingerprint density at radius 3 is 3.00 bits per heavy atom. The molecule has 1 fully saturated rings. The van der Waals surface area contributed by atoms with Crippen LogP contribution in [0.25, 0.3) is 11.0 Å². The molecule has 0 saturated heterocycles. The number of halogens is 2. The van der Waals surface area contributed by atoms with E-state index in [4.69, 9.17) is 23.2 Å². The molecule has 2 atom stereocenters. The average molecular weight is 329 g/mol. The highest BCUT2D eigenvalue weighted by Gasteiger charge is 2.26. The van der Waals surface area contributed by atoms with Crippen LogP contribution in [0, 0.1) is 0 Å². The number of alkyl halides is 1. The van der Waals surface area contributed by atoms with E-state index in [1.807, 2.05) is 30.0 Å². The van der Waals surface area contributed by atoms with Crippen LogP contribution in [0.4, 0.5) is 0 Å². The summed E-state index contributed by atoms with van der Waals surface area (Å²) in [4.78, 5) is 4.66. The number of benzene rings is 1. The van der Waals surface area contributed by atoms with E-state index in [-0.39, 0.29) is 0 Å². The third kappa shape index (κ3) is 2.56. The van der Waals surface area contributed by atoms with Crippen molar-refractivity contribution in [3.05, 3.63) is 29.0 Å². The Morgan fingerprint density at radius 1 is 1.40 bits per heavy atom. The quantitative estimate of drug-likeness (QED) is 0.714. The average Bonchev–Trinajstić information content (AvgIpc) is 2.87. The van der Waals surface area contributed by atoms with E-state index < -0.39 is 0 Å². The number of hydrogen-bond donors (Lipinski definition) is 0. The molecule has 2 nitrogen and oxygen atoms in total. The number of imidazole rings is 1. The Balaban J connectivity index is 2.09. The van der Waals surface area contributed by atoms with Crippen molar-refractivity contribution in [3.63, 3.8) is 0 Å². The van der Waals surface area contributed by atoms with Gasteiger partial charge >= 0.3 is 0 Å². The Morgan fingerprint density at radius 2 is 2.25 bits per heavy atom. The molecule has 0 aliphatic heterocycles. The Hall–Kier alpha value is -0.380. The molecule has 1 aromatic heterocycles. The lowest BCUT2D eigenvalue weighted by Crippen LogP contribution is -2.22. The van der Waals surface area contributed by atoms with E-state index in [9.17, 15) is 0 Å². The molecule has 20 heavy (non-hydrogen) atoms. The van der Waals surface area contributed by atoms with Crippen LogP contribution in [0.1, 0.15) is 37.5 Å². The van der Waals surface area contributed by atoms with Crippen LogP contribution >= 0.6 is 35.0 Å². The van der Waals surface area contributed by atoms with Crippen LogP contribution in [0.15, 0.2) is 18.2 Å². The van der Waals surface area contributed by atoms with Crippen LogP contribution < -0.4 is 0 Å². The first kappa shape index (κ1) is 14.6. The predicted molar refractivity (Wildman–Crippen MR) is 89.1 cm³/mol. The van der Waals surface area contributed by atoms with E-state index in [0.29, 0.717) is 11.9 Å². The smallest absolute Gasteiger partial charge is 0.125 e. The van der Waals surface area contributed by atoms with Crippen molar-refractivity contribution in [1.29, 1.82) is 0 Å². The van der Waals surface area contributed by atoms with Crippen LogP contribution in [-0.2, 0) is 5.88 Å². The van der Waals surface area contributed by atoms with Gasteiger partial charge in [-0.1, -0.05) is 24.1 Å². The van der Waals surface area contributed by atoms with Crippen molar-refractivity contribution in [1.82, 2.24) is 9.55 Å². The van der Waals surface area contributed by atoms with Crippen LogP contribution in [0.5, 0.6) is 0 Å². The van der Waals surface area contributed by atoms with Gasteiger partial charge in [-0.25, -0.2) is 4.98 Å². The van der Waals surface area contributed by atoms with Gasteiger partial charge in [-0.05, 0) is 37.7 Å². The molecule has 5 heteroatoms. The molecule has 1 aromatic carbocycles. The van der Waals surface area contributed by atoms with Crippen LogP contribution in [-0.4, -0.2) is 21.1 Å². The lowest BCUT2D eigenvalue weighted by atomic mass is 9.94. The Labute approximate surface area is 133 Å². The standard InChI is InChI=1S/C15H18Cl2N2S/c1-20-11-5-2-4-10(8-11)19-14(9-16)18-13-7-3-6-12(17)15(13)19/h3,6-7,10-11H,2,4-5,8-9H2,1H3. The first-order chi connectivity index (χ1) is 9.74. The number of thioether (sulfide) groups is 1. The topological polar surface area (TPSA) is 17.8 Å². The van der Waals surface area contributed by atoms with Crippen molar-refractivity contribution in [2.45, 2.75) is 42.9 Å². The maximum Gasteiger partial charge on any atom is 0.125 e. The largest absolute Gasteiger partial charge is 0.323 e. The Kier molecular flexibility index (Phi) is 4.49.